The zero-order valence-electron chi connectivity index (χ0n) is 17.1. The van der Waals surface area contributed by atoms with Crippen LogP contribution in [-0.2, 0) is 9.59 Å². The van der Waals surface area contributed by atoms with Crippen molar-refractivity contribution in [2.45, 2.75) is 52.2 Å². The van der Waals surface area contributed by atoms with Crippen LogP contribution in [0.5, 0.6) is 0 Å². The normalized spacial score (nSPS) is 21.8. The Bertz CT molecular complexity index is 1010. The summed E-state index contributed by atoms with van der Waals surface area (Å²) < 4.78 is 5.55. The molecule has 1 aromatic heterocycles. The molecule has 3 heterocycles. The van der Waals surface area contributed by atoms with Gasteiger partial charge in [0.15, 0.2) is 0 Å². The summed E-state index contributed by atoms with van der Waals surface area (Å²) in [4.78, 5) is 41.8. The van der Waals surface area contributed by atoms with Crippen molar-refractivity contribution >= 4 is 23.4 Å². The number of hydrogen-bond donors (Lipinski definition) is 1. The quantitative estimate of drug-likeness (QED) is 0.862. The van der Waals surface area contributed by atoms with Gasteiger partial charge >= 0.3 is 0 Å². The van der Waals surface area contributed by atoms with E-state index in [0.717, 1.165) is 17.1 Å². The van der Waals surface area contributed by atoms with E-state index in [4.69, 9.17) is 4.42 Å². The molecule has 29 heavy (non-hydrogen) atoms. The monoisotopic (exact) mass is 395 g/mol. The summed E-state index contributed by atoms with van der Waals surface area (Å²) in [5.74, 6) is 1.01. The highest BCUT2D eigenvalue weighted by Gasteiger charge is 2.53. The van der Waals surface area contributed by atoms with Gasteiger partial charge in [0.05, 0.1) is 17.3 Å². The van der Waals surface area contributed by atoms with Gasteiger partial charge in [-0.2, -0.15) is 0 Å². The molecule has 2 aromatic rings. The third-order valence-corrected chi connectivity index (χ3v) is 5.97. The molecule has 0 bridgehead atoms. The number of nitrogens with one attached hydrogen (secondary N) is 1. The minimum Gasteiger partial charge on any atom is -0.466 e. The Hall–Kier alpha value is -3.09. The van der Waals surface area contributed by atoms with E-state index in [0.29, 0.717) is 24.1 Å². The summed E-state index contributed by atoms with van der Waals surface area (Å²) in [6, 6.07) is 8.73. The van der Waals surface area contributed by atoms with Gasteiger partial charge in [-0.3, -0.25) is 19.3 Å². The number of aryl methyl sites for hydroxylation is 2. The molecule has 0 saturated carbocycles. The number of furan rings is 1. The van der Waals surface area contributed by atoms with Crippen molar-refractivity contribution in [3.63, 3.8) is 0 Å². The molecule has 3 amide bonds. The largest absolute Gasteiger partial charge is 0.466 e. The molecule has 2 aliphatic heterocycles. The van der Waals surface area contributed by atoms with Crippen LogP contribution in [0, 0.1) is 13.8 Å². The van der Waals surface area contributed by atoms with E-state index in [9.17, 15) is 14.4 Å². The molecule has 0 spiro atoms. The van der Waals surface area contributed by atoms with Crippen LogP contribution < -0.4 is 10.2 Å². The van der Waals surface area contributed by atoms with Crippen molar-refractivity contribution < 1.29 is 18.8 Å². The summed E-state index contributed by atoms with van der Waals surface area (Å²) in [7, 11) is 0. The SMILES string of the molecule is Cc1cc(C(C)NC(=O)CN2C(=O)c3ccccc3N3C(=O)CCC23C)c(C)o1. The van der Waals surface area contributed by atoms with Crippen LogP contribution >= 0.6 is 0 Å². The fraction of sp³-hybridized carbons (Fsp3) is 0.409. The van der Waals surface area contributed by atoms with Crippen molar-refractivity contribution in [1.82, 2.24) is 10.2 Å². The molecular formula is C22H25N3O4. The number of fused-ring (bicyclic) bond motifs is 3. The summed E-state index contributed by atoms with van der Waals surface area (Å²) in [5, 5.41) is 2.95. The van der Waals surface area contributed by atoms with Crippen molar-refractivity contribution in [3.8, 4) is 0 Å². The van der Waals surface area contributed by atoms with Gasteiger partial charge in [-0.1, -0.05) is 12.1 Å². The van der Waals surface area contributed by atoms with E-state index in [2.05, 4.69) is 5.32 Å². The summed E-state index contributed by atoms with van der Waals surface area (Å²) in [6.07, 6.45) is 0.842. The summed E-state index contributed by atoms with van der Waals surface area (Å²) in [5.41, 5.74) is 1.14. The number of anilines is 1. The Balaban J connectivity index is 1.59. The zero-order chi connectivity index (χ0) is 20.9. The molecule has 1 aromatic carbocycles. The zero-order valence-corrected chi connectivity index (χ0v) is 17.1. The first kappa shape index (κ1) is 19.2. The lowest BCUT2D eigenvalue weighted by Gasteiger charge is -2.48. The second-order valence-electron chi connectivity index (χ2n) is 8.01. The molecule has 1 saturated heterocycles. The number of hydrogen-bond acceptors (Lipinski definition) is 4. The molecule has 7 heteroatoms. The highest BCUT2D eigenvalue weighted by Crippen LogP contribution is 2.43. The van der Waals surface area contributed by atoms with Crippen molar-refractivity contribution in [1.29, 1.82) is 0 Å². The van der Waals surface area contributed by atoms with Crippen LogP contribution in [0.1, 0.15) is 60.2 Å². The lowest BCUT2D eigenvalue weighted by molar-refractivity contribution is -0.124. The fourth-order valence-corrected chi connectivity index (χ4v) is 4.53. The Morgan fingerprint density at radius 1 is 1.28 bits per heavy atom. The Labute approximate surface area is 169 Å². The summed E-state index contributed by atoms with van der Waals surface area (Å²) in [6.45, 7) is 7.34. The van der Waals surface area contributed by atoms with Crippen LogP contribution in [0.25, 0.3) is 0 Å². The van der Waals surface area contributed by atoms with E-state index in [1.807, 2.05) is 39.8 Å². The molecule has 0 radical (unpaired) electrons. The molecule has 152 valence electrons. The van der Waals surface area contributed by atoms with Crippen LogP contribution in [0.3, 0.4) is 0 Å². The van der Waals surface area contributed by atoms with Gasteiger partial charge in [0.1, 0.15) is 23.7 Å². The number of nitrogens with zero attached hydrogens (tertiary/aromatic N) is 2. The Kier molecular flexibility index (Phi) is 4.48. The third-order valence-electron chi connectivity index (χ3n) is 5.97. The van der Waals surface area contributed by atoms with E-state index < -0.39 is 5.66 Å². The number of rotatable bonds is 4. The number of carbonyl (C=O) groups is 3. The molecule has 2 atom stereocenters. The predicted molar refractivity (Wildman–Crippen MR) is 107 cm³/mol. The van der Waals surface area contributed by atoms with Crippen LogP contribution in [0.2, 0.25) is 0 Å². The second-order valence-corrected chi connectivity index (χ2v) is 8.01. The minimum atomic E-state index is -0.842. The highest BCUT2D eigenvalue weighted by atomic mass is 16.3. The lowest BCUT2D eigenvalue weighted by Crippen LogP contribution is -2.63. The van der Waals surface area contributed by atoms with E-state index in [1.165, 1.54) is 4.90 Å². The predicted octanol–water partition coefficient (Wildman–Crippen LogP) is 3.07. The Morgan fingerprint density at radius 3 is 2.69 bits per heavy atom. The summed E-state index contributed by atoms with van der Waals surface area (Å²) >= 11 is 0. The molecule has 1 fully saturated rings. The first-order valence-electron chi connectivity index (χ1n) is 9.82. The van der Waals surface area contributed by atoms with Crippen molar-refractivity contribution in [2.75, 3.05) is 11.4 Å². The van der Waals surface area contributed by atoms with Gasteiger partial charge < -0.3 is 14.6 Å². The van der Waals surface area contributed by atoms with Gasteiger partial charge in [-0.05, 0) is 52.3 Å². The van der Waals surface area contributed by atoms with Gasteiger partial charge in [0, 0.05) is 12.0 Å². The first-order chi connectivity index (χ1) is 13.7. The second kappa shape index (κ2) is 6.76. The van der Waals surface area contributed by atoms with E-state index in [1.54, 1.807) is 23.1 Å². The van der Waals surface area contributed by atoms with Crippen LogP contribution in [0.4, 0.5) is 5.69 Å². The third kappa shape index (κ3) is 3.01. The van der Waals surface area contributed by atoms with Gasteiger partial charge in [-0.25, -0.2) is 0 Å². The first-order valence-corrected chi connectivity index (χ1v) is 9.82. The maximum Gasteiger partial charge on any atom is 0.258 e. The average Bonchev–Trinajstić information content (AvgIpc) is 3.17. The smallest absolute Gasteiger partial charge is 0.258 e. The molecule has 0 aliphatic carbocycles. The van der Waals surface area contributed by atoms with E-state index >= 15 is 0 Å². The van der Waals surface area contributed by atoms with E-state index in [-0.39, 0.29) is 30.3 Å². The fourth-order valence-electron chi connectivity index (χ4n) is 4.53. The van der Waals surface area contributed by atoms with Crippen molar-refractivity contribution in [3.05, 3.63) is 53.0 Å². The molecule has 4 rings (SSSR count). The number of para-hydroxylation sites is 1. The number of carbonyl (C=O) groups excluding carboxylic acids is 3. The van der Waals surface area contributed by atoms with Gasteiger partial charge in [0.2, 0.25) is 11.8 Å². The highest BCUT2D eigenvalue weighted by molar-refractivity contribution is 6.11. The Morgan fingerprint density at radius 2 is 2.00 bits per heavy atom. The van der Waals surface area contributed by atoms with Crippen LogP contribution in [0.15, 0.2) is 34.7 Å². The minimum absolute atomic E-state index is 0.0317. The molecule has 7 nitrogen and oxygen atoms in total. The number of amides is 3. The molecule has 1 N–H and O–H groups in total. The topological polar surface area (TPSA) is 82.9 Å². The average molecular weight is 395 g/mol. The molecular weight excluding hydrogens is 370 g/mol. The number of benzene rings is 1. The van der Waals surface area contributed by atoms with Gasteiger partial charge in [0.25, 0.3) is 5.91 Å². The van der Waals surface area contributed by atoms with Crippen LogP contribution in [-0.4, -0.2) is 34.8 Å². The molecule has 2 aliphatic rings. The van der Waals surface area contributed by atoms with Gasteiger partial charge in [-0.15, -0.1) is 0 Å². The van der Waals surface area contributed by atoms with Crippen molar-refractivity contribution in [2.24, 2.45) is 0 Å². The maximum atomic E-state index is 13.2. The maximum absolute atomic E-state index is 13.2. The standard InChI is InChI=1S/C22H25N3O4/c1-13-11-17(15(3)29-13)14(2)23-19(26)12-24-21(28)16-7-5-6-8-18(16)25-20(27)9-10-22(24,25)4/h5-8,11,14H,9-10,12H2,1-4H3,(H,23,26). The lowest BCUT2D eigenvalue weighted by atomic mass is 9.98. The molecule has 2 unspecified atom stereocenters.